The molecule has 1 aromatic carbocycles. The zero-order valence-corrected chi connectivity index (χ0v) is 22.6. The number of hydrogen-bond acceptors (Lipinski definition) is 8. The van der Waals surface area contributed by atoms with Crippen molar-refractivity contribution in [2.75, 3.05) is 0 Å². The van der Waals surface area contributed by atoms with Crippen LogP contribution in [0.4, 0.5) is 22.0 Å². The van der Waals surface area contributed by atoms with Gasteiger partial charge in [0.05, 0.1) is 18.3 Å². The molecule has 0 aliphatic heterocycles. The summed E-state index contributed by atoms with van der Waals surface area (Å²) in [4.78, 5) is 46.9. The summed E-state index contributed by atoms with van der Waals surface area (Å²) in [7, 11) is 0. The van der Waals surface area contributed by atoms with Gasteiger partial charge >= 0.3 is 6.18 Å². The van der Waals surface area contributed by atoms with Crippen molar-refractivity contribution in [3.8, 4) is 10.6 Å². The number of hydrogen-bond donors (Lipinski definition) is 3. The Bertz CT molecular complexity index is 1290. The highest BCUT2D eigenvalue weighted by Crippen LogP contribution is 2.27. The van der Waals surface area contributed by atoms with Gasteiger partial charge in [-0.3, -0.25) is 14.4 Å². The van der Waals surface area contributed by atoms with Crippen molar-refractivity contribution in [3.63, 3.8) is 0 Å². The molecule has 216 valence electrons. The topological polar surface area (TPSA) is 121 Å². The Kier molecular flexibility index (Phi) is 10.8. The minimum Gasteiger partial charge on any atom is -0.393 e. The standard InChI is InChI=1S/C25H25F5N4O4S2/c1-13(35)4-5-18(34-22(38)19-12-32-23(40-19)14-9-15(26)11-16(27)10-14)21(37)33-17(3-2-6-25(28,29)30)20(36)24-31-7-8-39-24/h7-13,17-18,35H,2-6H2,1H3,(H,33,37)(H,34,38)/t13?,17-,18-/m0/s1. The summed E-state index contributed by atoms with van der Waals surface area (Å²) in [6, 6.07) is 0.173. The SMILES string of the molecule is CC(O)CC[C@H](NC(=O)c1cnc(-c2cc(F)cc(F)c2)s1)C(=O)N[C@@H](CCCC(F)(F)F)C(=O)c1nccs1. The summed E-state index contributed by atoms with van der Waals surface area (Å²) in [6.45, 7) is 1.47. The average Bonchev–Trinajstić information content (AvgIpc) is 3.57. The van der Waals surface area contributed by atoms with Gasteiger partial charge in [-0.2, -0.15) is 13.2 Å². The van der Waals surface area contributed by atoms with Crippen molar-refractivity contribution < 1.29 is 41.4 Å². The van der Waals surface area contributed by atoms with Crippen LogP contribution in [0.5, 0.6) is 0 Å². The van der Waals surface area contributed by atoms with Gasteiger partial charge in [0.1, 0.15) is 27.6 Å². The van der Waals surface area contributed by atoms with Crippen LogP contribution in [0.2, 0.25) is 0 Å². The minimum atomic E-state index is -4.45. The van der Waals surface area contributed by atoms with Gasteiger partial charge in [0.2, 0.25) is 11.7 Å². The predicted octanol–water partition coefficient (Wildman–Crippen LogP) is 4.90. The summed E-state index contributed by atoms with van der Waals surface area (Å²) >= 11 is 1.78. The third-order valence-corrected chi connectivity index (χ3v) is 7.40. The lowest BCUT2D eigenvalue weighted by molar-refractivity contribution is -0.135. The van der Waals surface area contributed by atoms with E-state index in [-0.39, 0.29) is 39.7 Å². The lowest BCUT2D eigenvalue weighted by atomic mass is 10.0. The monoisotopic (exact) mass is 604 g/mol. The number of aromatic nitrogens is 2. The predicted molar refractivity (Wildman–Crippen MR) is 138 cm³/mol. The van der Waals surface area contributed by atoms with E-state index in [9.17, 15) is 41.4 Å². The van der Waals surface area contributed by atoms with E-state index in [1.165, 1.54) is 18.5 Å². The Morgan fingerprint density at radius 3 is 2.30 bits per heavy atom. The van der Waals surface area contributed by atoms with Crippen LogP contribution in [0, 0.1) is 11.6 Å². The van der Waals surface area contributed by atoms with Crippen molar-refractivity contribution >= 4 is 40.3 Å². The molecule has 0 bridgehead atoms. The third-order valence-electron chi connectivity index (χ3n) is 5.56. The van der Waals surface area contributed by atoms with E-state index in [1.54, 1.807) is 0 Å². The number of carbonyl (C=O) groups excluding carboxylic acids is 3. The number of benzene rings is 1. The Morgan fingerprint density at radius 2 is 1.70 bits per heavy atom. The van der Waals surface area contributed by atoms with Crippen molar-refractivity contribution in [2.45, 2.75) is 63.4 Å². The van der Waals surface area contributed by atoms with Crippen LogP contribution in [0.3, 0.4) is 0 Å². The molecule has 3 atom stereocenters. The zero-order valence-electron chi connectivity index (χ0n) is 21.0. The highest BCUT2D eigenvalue weighted by molar-refractivity contribution is 7.16. The van der Waals surface area contributed by atoms with Crippen LogP contribution in [-0.4, -0.2) is 57.0 Å². The molecule has 0 aliphatic carbocycles. The van der Waals surface area contributed by atoms with Crippen LogP contribution in [0.25, 0.3) is 10.6 Å². The number of thiazole rings is 2. The molecular formula is C25H25F5N4O4S2. The first-order valence-electron chi connectivity index (χ1n) is 12.0. The lowest BCUT2D eigenvalue weighted by Crippen LogP contribution is -2.51. The molecule has 2 amide bonds. The molecule has 3 rings (SSSR count). The molecule has 8 nitrogen and oxygen atoms in total. The number of rotatable bonds is 13. The van der Waals surface area contributed by atoms with Gasteiger partial charge in [-0.25, -0.2) is 18.7 Å². The third kappa shape index (κ3) is 9.41. The number of halogens is 5. The van der Waals surface area contributed by atoms with Crippen molar-refractivity contribution in [1.82, 2.24) is 20.6 Å². The molecule has 0 fully saturated rings. The molecule has 0 spiro atoms. The van der Waals surface area contributed by atoms with E-state index >= 15 is 0 Å². The van der Waals surface area contributed by atoms with Crippen molar-refractivity contribution in [1.29, 1.82) is 0 Å². The van der Waals surface area contributed by atoms with E-state index in [1.807, 2.05) is 0 Å². The summed E-state index contributed by atoms with van der Waals surface area (Å²) in [5, 5.41) is 16.3. The Morgan fingerprint density at radius 1 is 1.00 bits per heavy atom. The molecule has 3 aromatic rings. The number of Topliss-reactive ketones (excluding diaryl/α,β-unsaturated/α-hetero) is 1. The zero-order chi connectivity index (χ0) is 29.4. The first kappa shape index (κ1) is 31.2. The second-order valence-electron chi connectivity index (χ2n) is 8.91. The summed E-state index contributed by atoms with van der Waals surface area (Å²) in [5.41, 5.74) is 0.104. The number of amides is 2. The minimum absolute atomic E-state index is 0.00727. The summed E-state index contributed by atoms with van der Waals surface area (Å²) < 4.78 is 65.3. The highest BCUT2D eigenvalue weighted by Gasteiger charge is 2.32. The fourth-order valence-electron chi connectivity index (χ4n) is 3.64. The molecule has 3 N–H and O–H groups in total. The molecular weight excluding hydrogens is 579 g/mol. The molecule has 2 heterocycles. The Hall–Kier alpha value is -3.30. The number of ketones is 1. The Balaban J connectivity index is 1.76. The van der Waals surface area contributed by atoms with Crippen LogP contribution in [0.15, 0.2) is 36.0 Å². The lowest BCUT2D eigenvalue weighted by Gasteiger charge is -2.23. The summed E-state index contributed by atoms with van der Waals surface area (Å²) in [5.74, 6) is -3.93. The van der Waals surface area contributed by atoms with Gasteiger partial charge < -0.3 is 15.7 Å². The van der Waals surface area contributed by atoms with Gasteiger partial charge in [0, 0.05) is 29.6 Å². The molecule has 0 aliphatic rings. The highest BCUT2D eigenvalue weighted by atomic mass is 32.1. The second-order valence-corrected chi connectivity index (χ2v) is 10.8. The van der Waals surface area contributed by atoms with Crippen LogP contribution < -0.4 is 10.6 Å². The van der Waals surface area contributed by atoms with Crippen molar-refractivity contribution in [2.24, 2.45) is 0 Å². The number of aliphatic hydroxyl groups excluding tert-OH is 1. The van der Waals surface area contributed by atoms with Gasteiger partial charge in [-0.15, -0.1) is 22.7 Å². The van der Waals surface area contributed by atoms with E-state index in [2.05, 4.69) is 20.6 Å². The molecule has 40 heavy (non-hydrogen) atoms. The molecule has 2 aromatic heterocycles. The number of nitrogens with one attached hydrogen (secondary N) is 2. The first-order chi connectivity index (χ1) is 18.8. The number of carbonyl (C=O) groups is 3. The van der Waals surface area contributed by atoms with Crippen molar-refractivity contribution in [3.05, 3.63) is 57.5 Å². The molecule has 0 saturated heterocycles. The first-order valence-corrected chi connectivity index (χ1v) is 13.7. The maximum atomic E-state index is 13.6. The Labute approximate surface area is 233 Å². The van der Waals surface area contributed by atoms with Gasteiger partial charge in [-0.05, 0) is 44.7 Å². The van der Waals surface area contributed by atoms with Gasteiger partial charge in [0.15, 0.2) is 5.01 Å². The van der Waals surface area contributed by atoms with Crippen LogP contribution >= 0.6 is 22.7 Å². The van der Waals surface area contributed by atoms with Gasteiger partial charge in [-0.1, -0.05) is 0 Å². The number of alkyl halides is 3. The number of aliphatic hydroxyl groups is 1. The largest absolute Gasteiger partial charge is 0.393 e. The second kappa shape index (κ2) is 13.9. The smallest absolute Gasteiger partial charge is 0.389 e. The average molecular weight is 605 g/mol. The quantitative estimate of drug-likeness (QED) is 0.189. The normalized spacial score (nSPS) is 13.9. The van der Waals surface area contributed by atoms with E-state index < -0.39 is 66.4 Å². The fraction of sp³-hybridized carbons (Fsp3) is 0.400. The van der Waals surface area contributed by atoms with E-state index in [0.29, 0.717) is 6.07 Å². The molecule has 1 unspecified atom stereocenters. The maximum Gasteiger partial charge on any atom is 0.389 e. The fourth-order valence-corrected chi connectivity index (χ4v) is 5.08. The molecule has 0 saturated carbocycles. The maximum absolute atomic E-state index is 13.6. The van der Waals surface area contributed by atoms with E-state index in [0.717, 1.165) is 41.0 Å². The molecule has 15 heteroatoms. The molecule has 0 radical (unpaired) electrons. The van der Waals surface area contributed by atoms with E-state index in [4.69, 9.17) is 0 Å². The van der Waals surface area contributed by atoms with Gasteiger partial charge in [0.25, 0.3) is 5.91 Å². The van der Waals surface area contributed by atoms with Crippen LogP contribution in [-0.2, 0) is 4.79 Å². The number of nitrogens with zero attached hydrogens (tertiary/aromatic N) is 2. The van der Waals surface area contributed by atoms with Crippen LogP contribution in [0.1, 0.15) is 58.5 Å². The summed E-state index contributed by atoms with van der Waals surface area (Å²) in [6.07, 6.45) is -4.67.